The summed E-state index contributed by atoms with van der Waals surface area (Å²) in [5.74, 6) is 0. The van der Waals surface area contributed by atoms with Crippen molar-refractivity contribution in [3.63, 3.8) is 0 Å². The molecule has 0 nitrogen and oxygen atoms in total. The van der Waals surface area contributed by atoms with E-state index in [0.717, 1.165) is 6.42 Å². The summed E-state index contributed by atoms with van der Waals surface area (Å²) in [6.07, 6.45) is 2.97. The zero-order valence-electron chi connectivity index (χ0n) is 9.61. The normalized spacial score (nSPS) is 10.1. The fraction of sp³-hybridized carbons (Fsp3) is 0.125. The zero-order chi connectivity index (χ0) is 11.4. The third-order valence-electron chi connectivity index (χ3n) is 2.87. The summed E-state index contributed by atoms with van der Waals surface area (Å²) in [5.41, 5.74) is 5.22. The van der Waals surface area contributed by atoms with Crippen LogP contribution in [0.4, 0.5) is 0 Å². The lowest BCUT2D eigenvalue weighted by atomic mass is 9.94. The van der Waals surface area contributed by atoms with E-state index in [9.17, 15) is 0 Å². The molecule has 0 saturated heterocycles. The number of hydrogen-bond donors (Lipinski definition) is 0. The fourth-order valence-electron chi connectivity index (χ4n) is 2.08. The Morgan fingerprint density at radius 1 is 1.00 bits per heavy atom. The molecule has 80 valence electrons. The molecule has 0 aliphatic heterocycles. The Bertz CT molecular complexity index is 481. The van der Waals surface area contributed by atoms with Crippen LogP contribution < -0.4 is 0 Å². The fourth-order valence-corrected chi connectivity index (χ4v) is 2.08. The van der Waals surface area contributed by atoms with Gasteiger partial charge in [-0.05, 0) is 28.7 Å². The molecule has 0 saturated carbocycles. The van der Waals surface area contributed by atoms with Crippen molar-refractivity contribution < 1.29 is 0 Å². The van der Waals surface area contributed by atoms with Crippen LogP contribution in [0.1, 0.15) is 18.1 Å². The molecule has 16 heavy (non-hydrogen) atoms. The standard InChI is InChI=1S/C16H16/c1-3-13-11-8-12-16(15(13)4-2)14-9-6-5-7-10-14/h3,5-12H,1,4H2,2H3. The molecule has 0 amide bonds. The van der Waals surface area contributed by atoms with E-state index in [-0.39, 0.29) is 0 Å². The van der Waals surface area contributed by atoms with E-state index >= 15 is 0 Å². The van der Waals surface area contributed by atoms with Gasteiger partial charge < -0.3 is 0 Å². The Hall–Kier alpha value is -1.82. The average Bonchev–Trinajstić information content (AvgIpc) is 2.38. The molecular weight excluding hydrogens is 192 g/mol. The number of hydrogen-bond acceptors (Lipinski definition) is 0. The smallest absolute Gasteiger partial charge is 0.0146 e. The first kappa shape index (κ1) is 10.7. The number of benzene rings is 2. The summed E-state index contributed by atoms with van der Waals surface area (Å²) in [6, 6.07) is 16.9. The molecule has 0 bridgehead atoms. The third-order valence-corrected chi connectivity index (χ3v) is 2.87. The van der Waals surface area contributed by atoms with Crippen LogP contribution in [0.3, 0.4) is 0 Å². The highest BCUT2D eigenvalue weighted by Gasteiger charge is 2.05. The zero-order valence-corrected chi connectivity index (χ0v) is 9.61. The topological polar surface area (TPSA) is 0 Å². The number of rotatable bonds is 3. The molecule has 0 radical (unpaired) electrons. The molecule has 2 rings (SSSR count). The van der Waals surface area contributed by atoms with Crippen LogP contribution in [0, 0.1) is 0 Å². The van der Waals surface area contributed by atoms with Gasteiger partial charge in [-0.3, -0.25) is 0 Å². The summed E-state index contributed by atoms with van der Waals surface area (Å²) in [7, 11) is 0. The molecule has 2 aromatic carbocycles. The van der Waals surface area contributed by atoms with Gasteiger partial charge in [0.1, 0.15) is 0 Å². The Morgan fingerprint density at radius 2 is 1.75 bits per heavy atom. The van der Waals surface area contributed by atoms with E-state index in [1.54, 1.807) is 0 Å². The summed E-state index contributed by atoms with van der Waals surface area (Å²) >= 11 is 0. The van der Waals surface area contributed by atoms with Gasteiger partial charge in [0.25, 0.3) is 0 Å². The molecule has 0 atom stereocenters. The van der Waals surface area contributed by atoms with Crippen molar-refractivity contribution in [3.8, 4) is 11.1 Å². The van der Waals surface area contributed by atoms with Crippen LogP contribution in [-0.2, 0) is 6.42 Å². The SMILES string of the molecule is C=Cc1cccc(-c2ccccc2)c1CC. The van der Waals surface area contributed by atoms with Gasteiger partial charge >= 0.3 is 0 Å². The molecule has 2 aromatic rings. The molecule has 0 N–H and O–H groups in total. The molecule has 0 heterocycles. The minimum absolute atomic E-state index is 1.03. The van der Waals surface area contributed by atoms with Crippen LogP contribution in [0.25, 0.3) is 17.2 Å². The van der Waals surface area contributed by atoms with Gasteiger partial charge in [-0.15, -0.1) is 0 Å². The molecular formula is C16H16. The van der Waals surface area contributed by atoms with Gasteiger partial charge in [-0.2, -0.15) is 0 Å². The Balaban J connectivity index is 2.61. The van der Waals surface area contributed by atoms with Crippen molar-refractivity contribution in [2.75, 3.05) is 0 Å². The highest BCUT2D eigenvalue weighted by molar-refractivity contribution is 5.72. The maximum absolute atomic E-state index is 3.87. The van der Waals surface area contributed by atoms with Crippen LogP contribution in [0.2, 0.25) is 0 Å². The lowest BCUT2D eigenvalue weighted by Crippen LogP contribution is -1.91. The minimum atomic E-state index is 1.03. The second-order valence-electron chi connectivity index (χ2n) is 3.80. The van der Waals surface area contributed by atoms with E-state index in [0.29, 0.717) is 0 Å². The van der Waals surface area contributed by atoms with Gasteiger partial charge in [0.05, 0.1) is 0 Å². The van der Waals surface area contributed by atoms with E-state index in [1.807, 2.05) is 12.1 Å². The average molecular weight is 208 g/mol. The largest absolute Gasteiger partial charge is 0.0985 e. The van der Waals surface area contributed by atoms with Gasteiger partial charge in [0, 0.05) is 0 Å². The highest BCUT2D eigenvalue weighted by Crippen LogP contribution is 2.27. The lowest BCUT2D eigenvalue weighted by molar-refractivity contribution is 1.14. The van der Waals surface area contributed by atoms with Crippen LogP contribution in [0.15, 0.2) is 55.1 Å². The van der Waals surface area contributed by atoms with Crippen molar-refractivity contribution >= 4 is 6.08 Å². The first-order chi connectivity index (χ1) is 7.86. The van der Waals surface area contributed by atoms with Gasteiger partial charge in [-0.25, -0.2) is 0 Å². The second-order valence-corrected chi connectivity index (χ2v) is 3.80. The van der Waals surface area contributed by atoms with Crippen molar-refractivity contribution in [1.29, 1.82) is 0 Å². The predicted octanol–water partition coefficient (Wildman–Crippen LogP) is 4.56. The van der Waals surface area contributed by atoms with Crippen LogP contribution >= 0.6 is 0 Å². The third kappa shape index (κ3) is 1.92. The Labute approximate surface area is 97.3 Å². The van der Waals surface area contributed by atoms with Crippen molar-refractivity contribution in [1.82, 2.24) is 0 Å². The molecule has 0 aromatic heterocycles. The van der Waals surface area contributed by atoms with Gasteiger partial charge in [0.2, 0.25) is 0 Å². The van der Waals surface area contributed by atoms with Crippen LogP contribution in [-0.4, -0.2) is 0 Å². The Morgan fingerprint density at radius 3 is 2.38 bits per heavy atom. The molecule has 0 spiro atoms. The molecule has 0 aliphatic carbocycles. The van der Waals surface area contributed by atoms with Crippen LogP contribution in [0.5, 0.6) is 0 Å². The quantitative estimate of drug-likeness (QED) is 0.693. The maximum atomic E-state index is 3.87. The van der Waals surface area contributed by atoms with Crippen molar-refractivity contribution in [2.45, 2.75) is 13.3 Å². The van der Waals surface area contributed by atoms with E-state index in [2.05, 4.69) is 56.0 Å². The maximum Gasteiger partial charge on any atom is -0.0146 e. The minimum Gasteiger partial charge on any atom is -0.0985 e. The Kier molecular flexibility index (Phi) is 3.21. The van der Waals surface area contributed by atoms with Gasteiger partial charge in [-0.1, -0.05) is 68.1 Å². The van der Waals surface area contributed by atoms with Crippen molar-refractivity contribution in [2.24, 2.45) is 0 Å². The first-order valence-corrected chi connectivity index (χ1v) is 5.66. The molecule has 0 aliphatic rings. The summed E-state index contributed by atoms with van der Waals surface area (Å²) < 4.78 is 0. The highest BCUT2D eigenvalue weighted by atomic mass is 14.1. The monoisotopic (exact) mass is 208 g/mol. The predicted molar refractivity (Wildman–Crippen MR) is 71.3 cm³/mol. The second kappa shape index (κ2) is 4.80. The lowest BCUT2D eigenvalue weighted by Gasteiger charge is -2.11. The van der Waals surface area contributed by atoms with E-state index < -0.39 is 0 Å². The van der Waals surface area contributed by atoms with Gasteiger partial charge in [0.15, 0.2) is 0 Å². The van der Waals surface area contributed by atoms with E-state index in [1.165, 1.54) is 22.3 Å². The van der Waals surface area contributed by atoms with Crippen molar-refractivity contribution in [3.05, 3.63) is 66.2 Å². The first-order valence-electron chi connectivity index (χ1n) is 5.66. The molecule has 0 fully saturated rings. The molecule has 0 heteroatoms. The molecule has 0 unspecified atom stereocenters. The summed E-state index contributed by atoms with van der Waals surface area (Å²) in [6.45, 7) is 6.06. The van der Waals surface area contributed by atoms with E-state index in [4.69, 9.17) is 0 Å². The summed E-state index contributed by atoms with van der Waals surface area (Å²) in [5, 5.41) is 0. The summed E-state index contributed by atoms with van der Waals surface area (Å²) in [4.78, 5) is 0.